The zero-order chi connectivity index (χ0) is 15.3. The van der Waals surface area contributed by atoms with Gasteiger partial charge in [-0.15, -0.1) is 12.4 Å². The van der Waals surface area contributed by atoms with Gasteiger partial charge in [-0.3, -0.25) is 4.79 Å². The van der Waals surface area contributed by atoms with E-state index in [1.54, 1.807) is 0 Å². The molecule has 4 N–H and O–H groups in total. The number of nitrogens with one attached hydrogen (secondary N) is 1. The molecule has 1 fully saturated rings. The average molecular weight is 327 g/mol. The van der Waals surface area contributed by atoms with Crippen LogP contribution in [0.5, 0.6) is 0 Å². The fourth-order valence-electron chi connectivity index (χ4n) is 3.19. The monoisotopic (exact) mass is 326 g/mol. The van der Waals surface area contributed by atoms with Gasteiger partial charge in [0.2, 0.25) is 5.91 Å². The number of halogens is 1. The maximum Gasteiger partial charge on any atom is 0.241 e. The van der Waals surface area contributed by atoms with Crippen LogP contribution in [0.1, 0.15) is 49.3 Å². The molecule has 1 aromatic carbocycles. The molecule has 0 heterocycles. The van der Waals surface area contributed by atoms with Crippen LogP contribution in [0.2, 0.25) is 0 Å². The highest BCUT2D eigenvalue weighted by Gasteiger charge is 2.34. The Kier molecular flexibility index (Phi) is 7.33. The van der Waals surface area contributed by atoms with E-state index in [1.165, 1.54) is 12.8 Å². The Hall–Kier alpha value is -1.10. The van der Waals surface area contributed by atoms with E-state index in [2.05, 4.69) is 5.32 Å². The van der Waals surface area contributed by atoms with E-state index in [-0.39, 0.29) is 30.3 Å². The van der Waals surface area contributed by atoms with E-state index in [1.807, 2.05) is 31.2 Å². The van der Waals surface area contributed by atoms with E-state index in [9.17, 15) is 9.90 Å². The second-order valence-electron chi connectivity index (χ2n) is 6.29. The third-order valence-electron chi connectivity index (χ3n) is 4.66. The van der Waals surface area contributed by atoms with Gasteiger partial charge >= 0.3 is 0 Å². The maximum absolute atomic E-state index is 12.2. The summed E-state index contributed by atoms with van der Waals surface area (Å²) in [7, 11) is 0. The zero-order valence-electron chi connectivity index (χ0n) is 13.2. The number of aryl methyl sites for hydroxylation is 1. The lowest BCUT2D eigenvalue weighted by Gasteiger charge is -2.29. The van der Waals surface area contributed by atoms with Crippen LogP contribution in [-0.4, -0.2) is 24.2 Å². The molecule has 124 valence electrons. The molecule has 1 aromatic rings. The van der Waals surface area contributed by atoms with Gasteiger partial charge in [0.05, 0.1) is 0 Å². The number of amides is 1. The van der Waals surface area contributed by atoms with Crippen LogP contribution >= 0.6 is 12.4 Å². The highest BCUT2D eigenvalue weighted by molar-refractivity contribution is 5.85. The normalized spacial score (nSPS) is 17.6. The van der Waals surface area contributed by atoms with Crippen molar-refractivity contribution in [2.75, 3.05) is 13.2 Å². The third kappa shape index (κ3) is 4.70. The third-order valence-corrected chi connectivity index (χ3v) is 4.66. The van der Waals surface area contributed by atoms with Gasteiger partial charge in [0, 0.05) is 13.2 Å². The summed E-state index contributed by atoms with van der Waals surface area (Å²) in [6.45, 7) is 2.81. The van der Waals surface area contributed by atoms with Crippen molar-refractivity contribution < 1.29 is 9.90 Å². The molecular weight excluding hydrogens is 300 g/mol. The van der Waals surface area contributed by atoms with Crippen LogP contribution in [0.25, 0.3) is 0 Å². The minimum absolute atomic E-state index is 0. The van der Waals surface area contributed by atoms with E-state index in [0.717, 1.165) is 30.4 Å². The van der Waals surface area contributed by atoms with Crippen LogP contribution < -0.4 is 11.1 Å². The second kappa shape index (κ2) is 8.51. The van der Waals surface area contributed by atoms with Gasteiger partial charge in [0.15, 0.2) is 0 Å². The van der Waals surface area contributed by atoms with Crippen LogP contribution in [0.15, 0.2) is 24.3 Å². The standard InChI is InChI=1S/C17H26N2O2.ClH/c1-13-4-6-14(7-5-13)15(18)16(21)19-12-17(10-11-20)8-2-3-9-17;/h4-7,15,20H,2-3,8-12,18H2,1H3,(H,19,21);1H. The Morgan fingerprint density at radius 1 is 1.32 bits per heavy atom. The molecule has 0 spiro atoms. The van der Waals surface area contributed by atoms with Crippen molar-refractivity contribution in [3.63, 3.8) is 0 Å². The highest BCUT2D eigenvalue weighted by Crippen LogP contribution is 2.40. The van der Waals surface area contributed by atoms with E-state index in [0.29, 0.717) is 6.54 Å². The largest absolute Gasteiger partial charge is 0.396 e. The molecule has 0 saturated heterocycles. The van der Waals surface area contributed by atoms with Crippen molar-refractivity contribution in [1.29, 1.82) is 0 Å². The number of nitrogens with two attached hydrogens (primary N) is 1. The lowest BCUT2D eigenvalue weighted by molar-refractivity contribution is -0.123. The molecule has 4 nitrogen and oxygen atoms in total. The van der Waals surface area contributed by atoms with Crippen molar-refractivity contribution in [2.45, 2.75) is 45.1 Å². The zero-order valence-corrected chi connectivity index (χ0v) is 14.0. The number of benzene rings is 1. The molecule has 1 amide bonds. The van der Waals surface area contributed by atoms with Crippen LogP contribution in [-0.2, 0) is 4.79 Å². The number of carbonyl (C=O) groups excluding carboxylic acids is 1. The van der Waals surface area contributed by atoms with E-state index >= 15 is 0 Å². The first-order chi connectivity index (χ1) is 10.1. The van der Waals surface area contributed by atoms with Gasteiger partial charge < -0.3 is 16.2 Å². The van der Waals surface area contributed by atoms with E-state index < -0.39 is 6.04 Å². The van der Waals surface area contributed by atoms with Crippen molar-refractivity contribution in [1.82, 2.24) is 5.32 Å². The maximum atomic E-state index is 12.2. The summed E-state index contributed by atoms with van der Waals surface area (Å²) in [6.07, 6.45) is 5.27. The fraction of sp³-hybridized carbons (Fsp3) is 0.588. The van der Waals surface area contributed by atoms with Crippen LogP contribution in [0.3, 0.4) is 0 Å². The van der Waals surface area contributed by atoms with Gasteiger partial charge in [-0.05, 0) is 37.2 Å². The summed E-state index contributed by atoms with van der Waals surface area (Å²) in [5, 5.41) is 12.2. The molecule has 1 unspecified atom stereocenters. The summed E-state index contributed by atoms with van der Waals surface area (Å²) in [4.78, 5) is 12.2. The van der Waals surface area contributed by atoms with Gasteiger partial charge in [-0.25, -0.2) is 0 Å². The highest BCUT2D eigenvalue weighted by atomic mass is 35.5. The van der Waals surface area contributed by atoms with Gasteiger partial charge in [-0.2, -0.15) is 0 Å². The fourth-order valence-corrected chi connectivity index (χ4v) is 3.19. The predicted octanol–water partition coefficient (Wildman–Crippen LogP) is 2.48. The first kappa shape index (κ1) is 18.9. The molecule has 1 aliphatic carbocycles. The summed E-state index contributed by atoms with van der Waals surface area (Å²) in [5.74, 6) is -0.136. The Balaban J connectivity index is 0.00000242. The molecule has 22 heavy (non-hydrogen) atoms. The number of rotatable bonds is 6. The Morgan fingerprint density at radius 3 is 2.45 bits per heavy atom. The number of aliphatic hydroxyl groups is 1. The molecular formula is C17H27ClN2O2. The number of hydrogen-bond donors (Lipinski definition) is 3. The Labute approximate surface area is 138 Å². The Morgan fingerprint density at radius 2 is 1.91 bits per heavy atom. The molecule has 0 radical (unpaired) electrons. The van der Waals surface area contributed by atoms with Crippen molar-refractivity contribution in [3.8, 4) is 0 Å². The number of aliphatic hydroxyl groups excluding tert-OH is 1. The first-order valence-corrected chi connectivity index (χ1v) is 7.77. The summed E-state index contributed by atoms with van der Waals surface area (Å²) in [6, 6.07) is 7.11. The van der Waals surface area contributed by atoms with Gasteiger partial charge in [0.25, 0.3) is 0 Å². The molecule has 1 aliphatic rings. The van der Waals surface area contributed by atoms with Gasteiger partial charge in [-0.1, -0.05) is 42.7 Å². The minimum Gasteiger partial charge on any atom is -0.396 e. The average Bonchev–Trinajstić information content (AvgIpc) is 2.94. The molecule has 2 rings (SSSR count). The van der Waals surface area contributed by atoms with Crippen LogP contribution in [0, 0.1) is 12.3 Å². The van der Waals surface area contributed by atoms with E-state index in [4.69, 9.17) is 5.73 Å². The Bertz CT molecular complexity index is 470. The van der Waals surface area contributed by atoms with Crippen LogP contribution in [0.4, 0.5) is 0 Å². The van der Waals surface area contributed by atoms with Gasteiger partial charge in [0.1, 0.15) is 6.04 Å². The molecule has 0 aromatic heterocycles. The van der Waals surface area contributed by atoms with Crippen molar-refractivity contribution in [3.05, 3.63) is 35.4 Å². The second-order valence-corrected chi connectivity index (χ2v) is 6.29. The lowest BCUT2D eigenvalue weighted by atomic mass is 9.83. The first-order valence-electron chi connectivity index (χ1n) is 7.77. The summed E-state index contributed by atoms with van der Waals surface area (Å²) >= 11 is 0. The molecule has 5 heteroatoms. The molecule has 0 aliphatic heterocycles. The smallest absolute Gasteiger partial charge is 0.241 e. The predicted molar refractivity (Wildman–Crippen MR) is 91.0 cm³/mol. The summed E-state index contributed by atoms with van der Waals surface area (Å²) < 4.78 is 0. The van der Waals surface area contributed by atoms with Crippen molar-refractivity contribution >= 4 is 18.3 Å². The topological polar surface area (TPSA) is 75.4 Å². The molecule has 1 atom stereocenters. The SMILES string of the molecule is Cc1ccc(C(N)C(=O)NCC2(CCO)CCCC2)cc1.Cl. The van der Waals surface area contributed by atoms with Crippen molar-refractivity contribution in [2.24, 2.45) is 11.1 Å². The molecule has 1 saturated carbocycles. The molecule has 0 bridgehead atoms. The lowest BCUT2D eigenvalue weighted by Crippen LogP contribution is -2.41. The number of hydrogen-bond acceptors (Lipinski definition) is 3. The quantitative estimate of drug-likeness (QED) is 0.751. The summed E-state index contributed by atoms with van der Waals surface area (Å²) in [5.41, 5.74) is 8.08. The minimum atomic E-state index is -0.627. The number of carbonyl (C=O) groups is 1.